The Labute approximate surface area is 118 Å². The summed E-state index contributed by atoms with van der Waals surface area (Å²) in [6.45, 7) is -0.580. The number of aliphatic hydroxyl groups is 1. The molecule has 0 aliphatic heterocycles. The monoisotopic (exact) mass is 297 g/mol. The molecule has 2 rings (SSSR count). The Morgan fingerprint density at radius 3 is 2.70 bits per heavy atom. The summed E-state index contributed by atoms with van der Waals surface area (Å²) in [5, 5.41) is 20.2. The van der Waals surface area contributed by atoms with Gasteiger partial charge in [-0.25, -0.2) is 4.39 Å². The molecule has 0 heterocycles. The van der Waals surface area contributed by atoms with Crippen LogP contribution in [0.25, 0.3) is 0 Å². The lowest BCUT2D eigenvalue weighted by Gasteiger charge is -2.10. The normalized spacial score (nSPS) is 10.3. The highest BCUT2D eigenvalue weighted by Gasteiger charge is 2.18. The van der Waals surface area contributed by atoms with E-state index in [-0.39, 0.29) is 27.8 Å². The van der Waals surface area contributed by atoms with Crippen molar-refractivity contribution < 1.29 is 19.2 Å². The lowest BCUT2D eigenvalue weighted by molar-refractivity contribution is -0.385. The molecule has 0 aliphatic carbocycles. The Balaban J connectivity index is 2.45. The number of nitrogens with zero attached hydrogens (tertiary/aromatic N) is 1. The molecule has 1 N–H and O–H groups in total. The van der Waals surface area contributed by atoms with E-state index < -0.39 is 17.3 Å². The van der Waals surface area contributed by atoms with Gasteiger partial charge in [-0.05, 0) is 24.3 Å². The SMILES string of the molecule is O=[N+]([O-])c1cc(Cl)ccc1Oc1cccc(F)c1CO. The molecular weight excluding hydrogens is 289 g/mol. The van der Waals surface area contributed by atoms with Crippen molar-refractivity contribution in [1.29, 1.82) is 0 Å². The Morgan fingerprint density at radius 1 is 1.30 bits per heavy atom. The number of ether oxygens (including phenoxy) is 1. The largest absolute Gasteiger partial charge is 0.450 e. The van der Waals surface area contributed by atoms with E-state index >= 15 is 0 Å². The first-order valence-corrected chi connectivity index (χ1v) is 5.90. The molecule has 2 aromatic rings. The Bertz CT molecular complexity index is 663. The number of hydrogen-bond acceptors (Lipinski definition) is 4. The fraction of sp³-hybridized carbons (Fsp3) is 0.0769. The van der Waals surface area contributed by atoms with Gasteiger partial charge in [0.05, 0.1) is 17.1 Å². The molecule has 104 valence electrons. The summed E-state index contributed by atoms with van der Waals surface area (Å²) in [4.78, 5) is 10.3. The second-order valence-corrected chi connectivity index (χ2v) is 4.28. The van der Waals surface area contributed by atoms with E-state index in [1.165, 1.54) is 24.3 Å². The van der Waals surface area contributed by atoms with Gasteiger partial charge >= 0.3 is 5.69 Å². The molecule has 7 heteroatoms. The van der Waals surface area contributed by atoms with E-state index in [0.717, 1.165) is 12.1 Å². The summed E-state index contributed by atoms with van der Waals surface area (Å²) in [6, 6.07) is 7.82. The zero-order valence-electron chi connectivity index (χ0n) is 10.0. The van der Waals surface area contributed by atoms with Gasteiger partial charge in [0.15, 0.2) is 0 Å². The van der Waals surface area contributed by atoms with Crippen LogP contribution in [0, 0.1) is 15.9 Å². The quantitative estimate of drug-likeness (QED) is 0.690. The van der Waals surface area contributed by atoms with Gasteiger partial charge in [-0.2, -0.15) is 0 Å². The number of aliphatic hydroxyl groups excluding tert-OH is 1. The molecule has 0 unspecified atom stereocenters. The molecule has 0 fully saturated rings. The van der Waals surface area contributed by atoms with E-state index in [1.807, 2.05) is 0 Å². The van der Waals surface area contributed by atoms with Gasteiger partial charge in [0.1, 0.15) is 11.6 Å². The molecule has 0 bridgehead atoms. The first kappa shape index (κ1) is 14.2. The Hall–Kier alpha value is -2.18. The van der Waals surface area contributed by atoms with Crippen LogP contribution in [0.5, 0.6) is 11.5 Å². The maximum atomic E-state index is 13.5. The average molecular weight is 298 g/mol. The summed E-state index contributed by atoms with van der Waals surface area (Å²) < 4.78 is 18.8. The molecule has 0 amide bonds. The first-order chi connectivity index (χ1) is 9.52. The summed E-state index contributed by atoms with van der Waals surface area (Å²) in [5.41, 5.74) is -0.414. The fourth-order valence-corrected chi connectivity index (χ4v) is 1.79. The average Bonchev–Trinajstić information content (AvgIpc) is 2.41. The number of halogens is 2. The summed E-state index contributed by atoms with van der Waals surface area (Å²) >= 11 is 5.69. The van der Waals surface area contributed by atoms with Gasteiger partial charge in [0.25, 0.3) is 0 Å². The minimum atomic E-state index is -0.654. The van der Waals surface area contributed by atoms with Crippen LogP contribution < -0.4 is 4.74 Å². The number of rotatable bonds is 4. The van der Waals surface area contributed by atoms with Gasteiger partial charge in [-0.15, -0.1) is 0 Å². The highest BCUT2D eigenvalue weighted by Crippen LogP contribution is 2.35. The predicted octanol–water partition coefficient (Wildman–Crippen LogP) is 3.67. The summed E-state index contributed by atoms with van der Waals surface area (Å²) in [7, 11) is 0. The van der Waals surface area contributed by atoms with E-state index in [9.17, 15) is 14.5 Å². The highest BCUT2D eigenvalue weighted by atomic mass is 35.5. The number of hydrogen-bond donors (Lipinski definition) is 1. The third-order valence-electron chi connectivity index (χ3n) is 2.57. The van der Waals surface area contributed by atoms with E-state index in [1.54, 1.807) is 0 Å². The lowest BCUT2D eigenvalue weighted by atomic mass is 10.2. The maximum absolute atomic E-state index is 13.5. The number of nitro groups is 1. The standard InChI is InChI=1S/C13H9ClFNO4/c14-8-4-5-13(11(6-8)16(18)19)20-12-3-1-2-10(15)9(12)7-17/h1-6,17H,7H2. The molecule has 0 spiro atoms. The number of nitro benzene ring substituents is 1. The van der Waals surface area contributed by atoms with Crippen molar-refractivity contribution in [1.82, 2.24) is 0 Å². The van der Waals surface area contributed by atoms with Crippen LogP contribution >= 0.6 is 11.6 Å². The van der Waals surface area contributed by atoms with Crippen molar-refractivity contribution in [2.75, 3.05) is 0 Å². The van der Waals surface area contributed by atoms with Gasteiger partial charge in [-0.1, -0.05) is 17.7 Å². The molecule has 0 aromatic heterocycles. The molecule has 5 nitrogen and oxygen atoms in total. The number of benzene rings is 2. The van der Waals surface area contributed by atoms with Crippen molar-refractivity contribution in [2.24, 2.45) is 0 Å². The van der Waals surface area contributed by atoms with E-state index in [2.05, 4.69) is 0 Å². The van der Waals surface area contributed by atoms with Crippen molar-refractivity contribution >= 4 is 17.3 Å². The molecule has 0 radical (unpaired) electrons. The van der Waals surface area contributed by atoms with E-state index in [4.69, 9.17) is 21.4 Å². The maximum Gasteiger partial charge on any atom is 0.313 e. The van der Waals surface area contributed by atoms with Gasteiger partial charge in [-0.3, -0.25) is 10.1 Å². The Kier molecular flexibility index (Phi) is 4.16. The first-order valence-electron chi connectivity index (χ1n) is 5.53. The van der Waals surface area contributed by atoms with Crippen molar-refractivity contribution in [3.05, 3.63) is 62.9 Å². The van der Waals surface area contributed by atoms with Crippen LogP contribution in [-0.2, 0) is 6.61 Å². The molecule has 20 heavy (non-hydrogen) atoms. The van der Waals surface area contributed by atoms with Crippen LogP contribution in [-0.4, -0.2) is 10.0 Å². The minimum absolute atomic E-state index is 0.0120. The second kappa shape index (κ2) is 5.85. The predicted molar refractivity (Wildman–Crippen MR) is 70.5 cm³/mol. The highest BCUT2D eigenvalue weighted by molar-refractivity contribution is 6.30. The minimum Gasteiger partial charge on any atom is -0.450 e. The fourth-order valence-electron chi connectivity index (χ4n) is 1.63. The summed E-state index contributed by atoms with van der Waals surface area (Å²) in [5.74, 6) is -0.723. The van der Waals surface area contributed by atoms with Gasteiger partial charge < -0.3 is 9.84 Å². The van der Waals surface area contributed by atoms with Crippen LogP contribution in [0.15, 0.2) is 36.4 Å². The smallest absolute Gasteiger partial charge is 0.313 e. The molecule has 0 atom stereocenters. The molecular formula is C13H9ClFNO4. The van der Waals surface area contributed by atoms with Crippen molar-refractivity contribution in [3.8, 4) is 11.5 Å². The zero-order valence-corrected chi connectivity index (χ0v) is 10.8. The van der Waals surface area contributed by atoms with E-state index in [0.29, 0.717) is 0 Å². The summed E-state index contributed by atoms with van der Waals surface area (Å²) in [6.07, 6.45) is 0. The van der Waals surface area contributed by atoms with Crippen LogP contribution in [0.1, 0.15) is 5.56 Å². The third kappa shape index (κ3) is 2.87. The van der Waals surface area contributed by atoms with Crippen LogP contribution in [0.4, 0.5) is 10.1 Å². The van der Waals surface area contributed by atoms with Gasteiger partial charge in [0.2, 0.25) is 5.75 Å². The Morgan fingerprint density at radius 2 is 2.05 bits per heavy atom. The lowest BCUT2D eigenvalue weighted by Crippen LogP contribution is -1.98. The second-order valence-electron chi connectivity index (χ2n) is 3.85. The van der Waals surface area contributed by atoms with Crippen molar-refractivity contribution in [3.63, 3.8) is 0 Å². The molecule has 2 aromatic carbocycles. The van der Waals surface area contributed by atoms with Crippen molar-refractivity contribution in [2.45, 2.75) is 6.61 Å². The zero-order chi connectivity index (χ0) is 14.7. The van der Waals surface area contributed by atoms with Gasteiger partial charge in [0, 0.05) is 11.1 Å². The third-order valence-corrected chi connectivity index (χ3v) is 2.81. The van der Waals surface area contributed by atoms with Crippen LogP contribution in [0.2, 0.25) is 5.02 Å². The molecule has 0 saturated heterocycles. The van der Waals surface area contributed by atoms with Crippen LogP contribution in [0.3, 0.4) is 0 Å². The molecule has 0 aliphatic rings. The molecule has 0 saturated carbocycles. The topological polar surface area (TPSA) is 72.6 Å².